The Hall–Kier alpha value is -2.24. The largest absolute Gasteiger partial charge is 0.478 e. The number of hydrazone groups is 1. The first-order valence-corrected chi connectivity index (χ1v) is 3.65. The summed E-state index contributed by atoms with van der Waals surface area (Å²) in [4.78, 5) is 10.2. The Morgan fingerprint density at radius 1 is 1.21 bits per heavy atom. The minimum atomic E-state index is -0.879. The third-order valence-corrected chi connectivity index (χ3v) is 1.17. The van der Waals surface area contributed by atoms with Crippen LogP contribution in [0.2, 0.25) is 0 Å². The van der Waals surface area contributed by atoms with Crippen molar-refractivity contribution in [1.29, 1.82) is 0 Å². The number of carbonyl (C=O) groups is 1. The molecule has 0 unspecified atom stereocenters. The van der Waals surface area contributed by atoms with Gasteiger partial charge in [0.1, 0.15) is 0 Å². The Morgan fingerprint density at radius 3 is 1.86 bits per heavy atom. The molecule has 0 aliphatic carbocycles. The predicted octanol–water partition coefficient (Wildman–Crippen LogP) is -0.482. The molecule has 0 bridgehead atoms. The van der Waals surface area contributed by atoms with Gasteiger partial charge in [-0.2, -0.15) is 0 Å². The molecule has 0 aliphatic rings. The molecule has 0 saturated heterocycles. The second-order valence-corrected chi connectivity index (χ2v) is 2.23. The van der Waals surface area contributed by atoms with Crippen LogP contribution in [0.4, 0.5) is 0 Å². The van der Waals surface area contributed by atoms with E-state index in [0.29, 0.717) is 5.56 Å². The van der Waals surface area contributed by atoms with Crippen molar-refractivity contribution >= 4 is 11.9 Å². The number of nitrogens with zero attached hydrogens (tertiary/aromatic N) is 1. The highest BCUT2D eigenvalue weighted by atomic mass is 16.4. The lowest BCUT2D eigenvalue weighted by molar-refractivity contribution is 0.0697. The number of nitrogens with two attached hydrogens (primary N) is 3. The zero-order valence-electron chi connectivity index (χ0n) is 7.42. The predicted molar refractivity (Wildman–Crippen MR) is 53.4 cm³/mol. The van der Waals surface area contributed by atoms with Crippen LogP contribution in [0.1, 0.15) is 10.4 Å². The van der Waals surface area contributed by atoms with E-state index >= 15 is 0 Å². The number of rotatable bonds is 1. The van der Waals surface area contributed by atoms with Crippen molar-refractivity contribution in [2.24, 2.45) is 22.4 Å². The van der Waals surface area contributed by atoms with Gasteiger partial charge in [-0.25, -0.2) is 4.79 Å². The Balaban J connectivity index is 0.000000292. The highest BCUT2D eigenvalue weighted by molar-refractivity contribution is 5.87. The molecule has 7 N–H and O–H groups in total. The molecule has 0 aliphatic heterocycles. The SMILES string of the molecule is NN=C(N)N.O=C(O)c1ccccc1. The van der Waals surface area contributed by atoms with Crippen molar-refractivity contribution in [3.8, 4) is 0 Å². The van der Waals surface area contributed by atoms with Crippen LogP contribution in [-0.4, -0.2) is 17.0 Å². The van der Waals surface area contributed by atoms with E-state index in [9.17, 15) is 4.79 Å². The summed E-state index contributed by atoms with van der Waals surface area (Å²) in [6, 6.07) is 8.30. The van der Waals surface area contributed by atoms with Gasteiger partial charge in [0, 0.05) is 0 Å². The molecule has 1 rings (SSSR count). The smallest absolute Gasteiger partial charge is 0.335 e. The number of hydrogen-bond donors (Lipinski definition) is 4. The average Bonchev–Trinajstić information content (AvgIpc) is 2.20. The Labute approximate surface area is 81.0 Å². The molecule has 0 aromatic heterocycles. The maximum Gasteiger partial charge on any atom is 0.335 e. The molecular formula is C8H12N4O2. The van der Waals surface area contributed by atoms with Crippen LogP contribution in [0, 0.1) is 0 Å². The van der Waals surface area contributed by atoms with E-state index in [-0.39, 0.29) is 5.96 Å². The van der Waals surface area contributed by atoms with Crippen molar-refractivity contribution in [3.05, 3.63) is 35.9 Å². The zero-order valence-corrected chi connectivity index (χ0v) is 7.42. The maximum absolute atomic E-state index is 10.2. The van der Waals surface area contributed by atoms with Gasteiger partial charge in [-0.15, -0.1) is 5.10 Å². The van der Waals surface area contributed by atoms with Gasteiger partial charge in [0.2, 0.25) is 5.96 Å². The van der Waals surface area contributed by atoms with Gasteiger partial charge in [-0.05, 0) is 12.1 Å². The molecule has 6 nitrogen and oxygen atoms in total. The van der Waals surface area contributed by atoms with Gasteiger partial charge >= 0.3 is 5.97 Å². The van der Waals surface area contributed by atoms with Gasteiger partial charge in [-0.1, -0.05) is 18.2 Å². The number of guanidine groups is 1. The molecule has 0 radical (unpaired) electrons. The van der Waals surface area contributed by atoms with E-state index in [1.165, 1.54) is 0 Å². The summed E-state index contributed by atoms with van der Waals surface area (Å²) in [5.74, 6) is 3.54. The van der Waals surface area contributed by atoms with E-state index in [1.807, 2.05) is 0 Å². The highest BCUT2D eigenvalue weighted by Gasteiger charge is 1.96. The van der Waals surface area contributed by atoms with Gasteiger partial charge in [0.25, 0.3) is 0 Å². The van der Waals surface area contributed by atoms with Gasteiger partial charge < -0.3 is 22.4 Å². The molecule has 14 heavy (non-hydrogen) atoms. The molecule has 6 heteroatoms. The molecule has 0 saturated carbocycles. The number of aromatic carboxylic acids is 1. The third-order valence-electron chi connectivity index (χ3n) is 1.17. The van der Waals surface area contributed by atoms with Gasteiger partial charge in [0.05, 0.1) is 5.56 Å². The van der Waals surface area contributed by atoms with E-state index in [0.717, 1.165) is 0 Å². The second-order valence-electron chi connectivity index (χ2n) is 2.23. The molecule has 0 amide bonds. The number of hydrogen-bond acceptors (Lipinski definition) is 3. The fraction of sp³-hybridized carbons (Fsp3) is 0. The first-order chi connectivity index (χ1) is 6.57. The normalized spacial score (nSPS) is 8.00. The van der Waals surface area contributed by atoms with Crippen LogP contribution >= 0.6 is 0 Å². The van der Waals surface area contributed by atoms with Crippen molar-refractivity contribution in [3.63, 3.8) is 0 Å². The van der Waals surface area contributed by atoms with E-state index in [2.05, 4.69) is 10.9 Å². The molecule has 76 valence electrons. The Kier molecular flexibility index (Phi) is 5.29. The molecular weight excluding hydrogens is 184 g/mol. The van der Waals surface area contributed by atoms with Gasteiger partial charge in [-0.3, -0.25) is 0 Å². The van der Waals surface area contributed by atoms with Crippen LogP contribution in [0.25, 0.3) is 0 Å². The molecule has 0 fully saturated rings. The lowest BCUT2D eigenvalue weighted by Gasteiger charge is -1.88. The monoisotopic (exact) mass is 196 g/mol. The first-order valence-electron chi connectivity index (χ1n) is 3.65. The number of carboxylic acids is 1. The average molecular weight is 196 g/mol. The van der Waals surface area contributed by atoms with Gasteiger partial charge in [0.15, 0.2) is 0 Å². The molecule has 1 aromatic carbocycles. The van der Waals surface area contributed by atoms with Crippen molar-refractivity contribution in [2.75, 3.05) is 0 Å². The van der Waals surface area contributed by atoms with E-state index < -0.39 is 5.97 Å². The molecule has 0 atom stereocenters. The summed E-state index contributed by atoms with van der Waals surface area (Å²) in [7, 11) is 0. The summed E-state index contributed by atoms with van der Waals surface area (Å²) in [6.07, 6.45) is 0. The fourth-order valence-corrected chi connectivity index (χ4v) is 0.581. The van der Waals surface area contributed by atoms with Crippen LogP contribution in [-0.2, 0) is 0 Å². The van der Waals surface area contributed by atoms with Crippen molar-refractivity contribution < 1.29 is 9.90 Å². The molecule has 0 heterocycles. The van der Waals surface area contributed by atoms with Crippen LogP contribution in [0.3, 0.4) is 0 Å². The molecule has 1 aromatic rings. The maximum atomic E-state index is 10.2. The Bertz CT molecular complexity index is 306. The first kappa shape index (κ1) is 11.8. The van der Waals surface area contributed by atoms with Crippen LogP contribution in [0.5, 0.6) is 0 Å². The Morgan fingerprint density at radius 2 is 1.64 bits per heavy atom. The number of carboxylic acid groups (broad SMARTS) is 1. The van der Waals surface area contributed by atoms with Crippen LogP contribution in [0.15, 0.2) is 35.4 Å². The lowest BCUT2D eigenvalue weighted by Crippen LogP contribution is -2.23. The summed E-state index contributed by atoms with van der Waals surface area (Å²) in [5.41, 5.74) is 9.72. The zero-order chi connectivity index (χ0) is 11.0. The summed E-state index contributed by atoms with van der Waals surface area (Å²) in [6.45, 7) is 0. The minimum Gasteiger partial charge on any atom is -0.478 e. The van der Waals surface area contributed by atoms with Crippen molar-refractivity contribution in [2.45, 2.75) is 0 Å². The van der Waals surface area contributed by atoms with E-state index in [1.54, 1.807) is 30.3 Å². The lowest BCUT2D eigenvalue weighted by atomic mass is 10.2. The fourth-order valence-electron chi connectivity index (χ4n) is 0.581. The summed E-state index contributed by atoms with van der Waals surface area (Å²) >= 11 is 0. The highest BCUT2D eigenvalue weighted by Crippen LogP contribution is 1.96. The summed E-state index contributed by atoms with van der Waals surface area (Å²) in [5, 5.41) is 11.2. The van der Waals surface area contributed by atoms with Crippen molar-refractivity contribution in [1.82, 2.24) is 0 Å². The number of benzene rings is 1. The quantitative estimate of drug-likeness (QED) is 0.209. The third kappa shape index (κ3) is 5.42. The standard InChI is InChI=1S/C7H6O2.CH6N4/c8-7(9)6-4-2-1-3-5-6;2-1(3)5-4/h1-5H,(H,8,9);4H2,(H4,2,3,5). The second kappa shape index (κ2) is 6.30. The topological polar surface area (TPSA) is 128 Å². The molecule has 0 spiro atoms. The minimum absolute atomic E-state index is 0.0926. The summed E-state index contributed by atoms with van der Waals surface area (Å²) < 4.78 is 0. The van der Waals surface area contributed by atoms with Crippen LogP contribution < -0.4 is 17.3 Å². The van der Waals surface area contributed by atoms with E-state index in [4.69, 9.17) is 16.6 Å².